The third kappa shape index (κ3) is 1.50. The number of hydrogen-bond donors (Lipinski definition) is 0. The van der Waals surface area contributed by atoms with Crippen LogP contribution in [0.2, 0.25) is 0 Å². The molecule has 0 bridgehead atoms. The fourth-order valence-electron chi connectivity index (χ4n) is 0.740. The Kier molecular flexibility index (Phi) is 2.05. The van der Waals surface area contributed by atoms with Gasteiger partial charge in [-0.2, -0.15) is 0 Å². The Hall–Kier alpha value is -2.25. The molecule has 0 saturated heterocycles. The maximum absolute atomic E-state index is 10.9. The molecule has 0 spiro atoms. The van der Waals surface area contributed by atoms with E-state index >= 15 is 0 Å². The predicted octanol–water partition coefficient (Wildman–Crippen LogP) is -0.204. The van der Waals surface area contributed by atoms with Gasteiger partial charge in [-0.3, -0.25) is 14.9 Å². The Morgan fingerprint density at radius 1 is 1.31 bits per heavy atom. The molecule has 0 amide bonds. The van der Waals surface area contributed by atoms with Gasteiger partial charge in [0.25, 0.3) is 0 Å². The zero-order valence-electron chi connectivity index (χ0n) is 6.11. The molecule has 0 fully saturated rings. The van der Waals surface area contributed by atoms with Gasteiger partial charge in [-0.15, -0.1) is 0 Å². The maximum Gasteiger partial charge on any atom is 0.388 e. The minimum atomic E-state index is -1.25. The molecule has 0 atom stereocenters. The summed E-state index contributed by atoms with van der Waals surface area (Å²) in [6.07, 6.45) is 0.843. The van der Waals surface area contributed by atoms with Crippen LogP contribution in [0.3, 0.4) is 0 Å². The van der Waals surface area contributed by atoms with Crippen molar-refractivity contribution in [3.8, 4) is 0 Å². The molecule has 0 saturated carbocycles. The van der Waals surface area contributed by atoms with E-state index in [1.54, 1.807) is 0 Å². The van der Waals surface area contributed by atoms with Crippen molar-refractivity contribution in [3.05, 3.63) is 48.9 Å². The van der Waals surface area contributed by atoms with Gasteiger partial charge in [-0.1, -0.05) is 0 Å². The van der Waals surface area contributed by atoms with Crippen molar-refractivity contribution >= 4 is 5.69 Å². The predicted molar refractivity (Wildman–Crippen MR) is 39.7 cm³/mol. The number of nitrogens with zero attached hydrogens (tertiary/aromatic N) is 3. The molecule has 1 aromatic heterocycles. The Balaban J connectivity index is 3.44. The third-order valence-electron chi connectivity index (χ3n) is 1.28. The van der Waals surface area contributed by atoms with E-state index in [9.17, 15) is 25.0 Å². The van der Waals surface area contributed by atoms with Crippen molar-refractivity contribution in [2.75, 3.05) is 0 Å². The first kappa shape index (κ1) is 8.84. The molecule has 0 radical (unpaired) electrons. The van der Waals surface area contributed by atoms with Gasteiger partial charge in [0.05, 0.1) is 11.1 Å². The topological polar surface area (TPSA) is 108 Å². The Morgan fingerprint density at radius 3 is 2.38 bits per heavy atom. The van der Waals surface area contributed by atoms with Crippen LogP contribution in [0.1, 0.15) is 0 Å². The summed E-state index contributed by atoms with van der Waals surface area (Å²) < 4.78 is 0.0537. The van der Waals surface area contributed by atoms with Crippen LogP contribution in [0.5, 0.6) is 0 Å². The molecule has 1 rings (SSSR count). The van der Waals surface area contributed by atoms with Crippen LogP contribution < -0.4 is 5.56 Å². The first-order valence-corrected chi connectivity index (χ1v) is 3.05. The van der Waals surface area contributed by atoms with E-state index in [-0.39, 0.29) is 4.68 Å². The van der Waals surface area contributed by atoms with Gasteiger partial charge in [0, 0.05) is 6.07 Å². The first-order chi connectivity index (χ1) is 6.04. The standard InChI is InChI=1S/C5H3N3O5/c9-5-4(7(10)11)2-1-3-6(5)8(12)13/h1-3H. The summed E-state index contributed by atoms with van der Waals surface area (Å²) in [4.78, 5) is 30.3. The lowest BCUT2D eigenvalue weighted by molar-refractivity contribution is -0.546. The zero-order valence-corrected chi connectivity index (χ0v) is 6.11. The molecular formula is C5H3N3O5. The second-order valence-corrected chi connectivity index (χ2v) is 2.04. The van der Waals surface area contributed by atoms with Crippen LogP contribution in [-0.4, -0.2) is 14.6 Å². The number of pyridine rings is 1. The molecule has 13 heavy (non-hydrogen) atoms. The van der Waals surface area contributed by atoms with Gasteiger partial charge >= 0.3 is 11.2 Å². The number of nitro groups is 2. The van der Waals surface area contributed by atoms with E-state index in [1.807, 2.05) is 0 Å². The van der Waals surface area contributed by atoms with Crippen molar-refractivity contribution < 1.29 is 9.96 Å². The highest BCUT2D eigenvalue weighted by atomic mass is 16.7. The van der Waals surface area contributed by atoms with Crippen LogP contribution in [0.15, 0.2) is 23.1 Å². The molecule has 0 aromatic carbocycles. The Morgan fingerprint density at radius 2 is 1.92 bits per heavy atom. The van der Waals surface area contributed by atoms with Crippen LogP contribution in [0.25, 0.3) is 0 Å². The van der Waals surface area contributed by atoms with Gasteiger partial charge in [-0.25, -0.2) is 10.1 Å². The lowest BCUT2D eigenvalue weighted by Gasteiger charge is -1.92. The van der Waals surface area contributed by atoms with Crippen LogP contribution >= 0.6 is 0 Å². The van der Waals surface area contributed by atoms with Gasteiger partial charge in [0.15, 0.2) is 5.03 Å². The highest BCUT2D eigenvalue weighted by molar-refractivity contribution is 5.24. The number of hydrogen-bond acceptors (Lipinski definition) is 5. The molecule has 8 nitrogen and oxygen atoms in total. The van der Waals surface area contributed by atoms with E-state index in [0.717, 1.165) is 18.3 Å². The van der Waals surface area contributed by atoms with Crippen molar-refractivity contribution in [1.82, 2.24) is 4.68 Å². The van der Waals surface area contributed by atoms with Crippen molar-refractivity contribution in [2.45, 2.75) is 0 Å². The van der Waals surface area contributed by atoms with Gasteiger partial charge < -0.3 is 0 Å². The highest BCUT2D eigenvalue weighted by Crippen LogP contribution is 2.00. The van der Waals surface area contributed by atoms with E-state index < -0.39 is 21.2 Å². The monoisotopic (exact) mass is 185 g/mol. The SMILES string of the molecule is O=c1c([N+](=O)[O-])cccn1[N+](=O)[O-]. The summed E-state index contributed by atoms with van der Waals surface area (Å²) in [7, 11) is 0. The number of rotatable bonds is 2. The summed E-state index contributed by atoms with van der Waals surface area (Å²) in [5.74, 6) is 0. The van der Waals surface area contributed by atoms with Crippen LogP contribution in [-0.2, 0) is 0 Å². The average Bonchev–Trinajstić information content (AvgIpc) is 2.03. The van der Waals surface area contributed by atoms with E-state index in [2.05, 4.69) is 0 Å². The molecule has 0 aliphatic carbocycles. The summed E-state index contributed by atoms with van der Waals surface area (Å²) >= 11 is 0. The summed E-state index contributed by atoms with van der Waals surface area (Å²) in [5.41, 5.74) is -2.07. The third-order valence-corrected chi connectivity index (χ3v) is 1.28. The molecule has 1 aromatic rings. The molecule has 0 unspecified atom stereocenters. The summed E-state index contributed by atoms with van der Waals surface area (Å²) in [6.45, 7) is 0. The Bertz CT molecular complexity index is 387. The molecule has 0 aliphatic heterocycles. The van der Waals surface area contributed by atoms with E-state index in [0.29, 0.717) is 0 Å². The second-order valence-electron chi connectivity index (χ2n) is 2.04. The smallest absolute Gasteiger partial charge is 0.258 e. The van der Waals surface area contributed by atoms with Crippen molar-refractivity contribution in [3.63, 3.8) is 0 Å². The molecule has 0 aliphatic rings. The number of aromatic nitrogens is 1. The largest absolute Gasteiger partial charge is 0.388 e. The maximum atomic E-state index is 10.9. The van der Waals surface area contributed by atoms with Crippen molar-refractivity contribution in [1.29, 1.82) is 0 Å². The minimum absolute atomic E-state index is 0.0537. The molecule has 1 heterocycles. The minimum Gasteiger partial charge on any atom is -0.258 e. The summed E-state index contributed by atoms with van der Waals surface area (Å²) in [6, 6.07) is 1.96. The normalized spacial score (nSPS) is 9.54. The van der Waals surface area contributed by atoms with E-state index in [4.69, 9.17) is 0 Å². The zero-order chi connectivity index (χ0) is 10.0. The lowest BCUT2D eigenvalue weighted by Crippen LogP contribution is -2.26. The second kappa shape index (κ2) is 3.01. The average molecular weight is 185 g/mol. The van der Waals surface area contributed by atoms with Gasteiger partial charge in [-0.05, 0) is 10.7 Å². The lowest BCUT2D eigenvalue weighted by atomic mass is 10.4. The van der Waals surface area contributed by atoms with Gasteiger partial charge in [0.2, 0.25) is 0 Å². The quantitative estimate of drug-likeness (QED) is 0.468. The fourth-order valence-corrected chi connectivity index (χ4v) is 0.740. The van der Waals surface area contributed by atoms with Crippen LogP contribution in [0.4, 0.5) is 5.69 Å². The first-order valence-electron chi connectivity index (χ1n) is 3.05. The van der Waals surface area contributed by atoms with Crippen molar-refractivity contribution in [2.24, 2.45) is 0 Å². The van der Waals surface area contributed by atoms with Gasteiger partial charge in [0.1, 0.15) is 0 Å². The molecular weight excluding hydrogens is 182 g/mol. The molecule has 8 heteroatoms. The van der Waals surface area contributed by atoms with E-state index in [1.165, 1.54) is 0 Å². The highest BCUT2D eigenvalue weighted by Gasteiger charge is 2.18. The van der Waals surface area contributed by atoms with Crippen LogP contribution in [0, 0.1) is 20.2 Å². The fraction of sp³-hybridized carbons (Fsp3) is 0. The molecule has 0 N–H and O–H groups in total. The molecule has 68 valence electrons. The Labute approximate surface area is 70.3 Å². The summed E-state index contributed by atoms with van der Waals surface area (Å²) in [5, 5.41) is 19.3.